The minimum absolute atomic E-state index is 0.234. The normalized spacial score (nSPS) is 14.4. The second-order valence-electron chi connectivity index (χ2n) is 5.99. The predicted molar refractivity (Wildman–Crippen MR) is 101 cm³/mol. The quantitative estimate of drug-likeness (QED) is 0.788. The molecule has 0 saturated carbocycles. The van der Waals surface area contributed by atoms with Gasteiger partial charge >= 0.3 is 0 Å². The van der Waals surface area contributed by atoms with E-state index in [1.54, 1.807) is 25.3 Å². The molecule has 2 heterocycles. The molecular formula is C19H20N2O4S. The molecule has 6 nitrogen and oxygen atoms in total. The van der Waals surface area contributed by atoms with Crippen LogP contribution in [0.15, 0.2) is 41.4 Å². The van der Waals surface area contributed by atoms with Crippen molar-refractivity contribution in [1.82, 2.24) is 4.90 Å². The van der Waals surface area contributed by atoms with E-state index < -0.39 is 0 Å². The Morgan fingerprint density at radius 1 is 1.08 bits per heavy atom. The molecule has 0 radical (unpaired) electrons. The van der Waals surface area contributed by atoms with E-state index in [1.807, 2.05) is 31.4 Å². The number of amides is 2. The molecule has 1 aromatic carbocycles. The Labute approximate surface area is 156 Å². The molecule has 136 valence electrons. The Bertz CT molecular complexity index is 872. The van der Waals surface area contributed by atoms with Crippen LogP contribution in [0.1, 0.15) is 18.7 Å². The topological polar surface area (TPSA) is 67.9 Å². The summed E-state index contributed by atoms with van der Waals surface area (Å²) in [6.45, 7) is 3.64. The molecule has 1 N–H and O–H groups in total. The monoisotopic (exact) mass is 372 g/mol. The SMILES string of the molecule is COc1ccc(NC2=C(c3cccs3)C(=O)N(C(C)C)C2=O)c(OC)c1. The molecule has 26 heavy (non-hydrogen) atoms. The van der Waals surface area contributed by atoms with E-state index in [0.29, 0.717) is 22.8 Å². The minimum Gasteiger partial charge on any atom is -0.497 e. The highest BCUT2D eigenvalue weighted by Gasteiger charge is 2.41. The van der Waals surface area contributed by atoms with E-state index in [-0.39, 0.29) is 23.6 Å². The van der Waals surface area contributed by atoms with Gasteiger partial charge in [0.05, 0.1) is 25.5 Å². The van der Waals surface area contributed by atoms with Crippen molar-refractivity contribution in [2.75, 3.05) is 19.5 Å². The molecule has 1 aliphatic heterocycles. The fourth-order valence-electron chi connectivity index (χ4n) is 2.82. The van der Waals surface area contributed by atoms with Crippen molar-refractivity contribution in [3.8, 4) is 11.5 Å². The summed E-state index contributed by atoms with van der Waals surface area (Å²) in [5.74, 6) is 0.525. The van der Waals surface area contributed by atoms with Gasteiger partial charge in [-0.1, -0.05) is 6.07 Å². The molecule has 0 bridgehead atoms. The third kappa shape index (κ3) is 3.06. The number of carbonyl (C=O) groups excluding carboxylic acids is 2. The van der Waals surface area contributed by atoms with Crippen LogP contribution in [0.4, 0.5) is 5.69 Å². The van der Waals surface area contributed by atoms with E-state index in [2.05, 4.69) is 5.32 Å². The van der Waals surface area contributed by atoms with Crippen molar-refractivity contribution in [3.05, 3.63) is 46.3 Å². The highest BCUT2D eigenvalue weighted by atomic mass is 32.1. The Morgan fingerprint density at radius 2 is 1.85 bits per heavy atom. The molecule has 0 unspecified atom stereocenters. The number of ether oxygens (including phenoxy) is 2. The van der Waals surface area contributed by atoms with E-state index in [1.165, 1.54) is 23.3 Å². The predicted octanol–water partition coefficient (Wildman–Crippen LogP) is 3.37. The molecule has 0 saturated heterocycles. The van der Waals surface area contributed by atoms with E-state index in [9.17, 15) is 9.59 Å². The summed E-state index contributed by atoms with van der Waals surface area (Å²) in [6, 6.07) is 8.69. The number of methoxy groups -OCH3 is 2. The van der Waals surface area contributed by atoms with Gasteiger partial charge in [0.25, 0.3) is 11.8 Å². The first kappa shape index (κ1) is 18.0. The summed E-state index contributed by atoms with van der Waals surface area (Å²) in [5, 5.41) is 4.99. The van der Waals surface area contributed by atoms with Gasteiger partial charge < -0.3 is 14.8 Å². The number of imide groups is 1. The third-order valence-electron chi connectivity index (χ3n) is 4.07. The third-order valence-corrected chi connectivity index (χ3v) is 4.96. The average molecular weight is 372 g/mol. The van der Waals surface area contributed by atoms with Crippen LogP contribution in [0.2, 0.25) is 0 Å². The van der Waals surface area contributed by atoms with E-state index >= 15 is 0 Å². The number of nitrogens with one attached hydrogen (secondary N) is 1. The maximum Gasteiger partial charge on any atom is 0.278 e. The molecule has 0 spiro atoms. The van der Waals surface area contributed by atoms with Crippen LogP contribution in [0.3, 0.4) is 0 Å². The Morgan fingerprint density at radius 3 is 2.42 bits per heavy atom. The maximum atomic E-state index is 12.9. The van der Waals surface area contributed by atoms with Gasteiger partial charge in [-0.2, -0.15) is 0 Å². The largest absolute Gasteiger partial charge is 0.497 e. The first-order chi connectivity index (χ1) is 12.5. The summed E-state index contributed by atoms with van der Waals surface area (Å²) in [4.78, 5) is 27.8. The average Bonchev–Trinajstić information content (AvgIpc) is 3.22. The van der Waals surface area contributed by atoms with Gasteiger partial charge in [-0.3, -0.25) is 14.5 Å². The summed E-state index contributed by atoms with van der Waals surface area (Å²) in [5.41, 5.74) is 1.23. The number of benzene rings is 1. The number of hydrogen-bond acceptors (Lipinski definition) is 6. The van der Waals surface area contributed by atoms with Crippen molar-refractivity contribution in [1.29, 1.82) is 0 Å². The first-order valence-electron chi connectivity index (χ1n) is 8.13. The molecule has 1 aliphatic rings. The molecule has 3 rings (SSSR count). The van der Waals surface area contributed by atoms with Crippen LogP contribution < -0.4 is 14.8 Å². The molecule has 0 atom stereocenters. The maximum absolute atomic E-state index is 12.9. The summed E-state index contributed by atoms with van der Waals surface area (Å²) >= 11 is 1.42. The second kappa shape index (κ2) is 7.21. The smallest absolute Gasteiger partial charge is 0.278 e. The summed E-state index contributed by atoms with van der Waals surface area (Å²) in [6.07, 6.45) is 0. The van der Waals surface area contributed by atoms with Gasteiger partial charge in [-0.25, -0.2) is 0 Å². The summed E-state index contributed by atoms with van der Waals surface area (Å²) < 4.78 is 10.6. The minimum atomic E-state index is -0.341. The molecule has 2 aromatic rings. The molecular weight excluding hydrogens is 352 g/mol. The number of carbonyl (C=O) groups is 2. The van der Waals surface area contributed by atoms with E-state index in [4.69, 9.17) is 9.47 Å². The number of rotatable bonds is 6. The van der Waals surface area contributed by atoms with Crippen LogP contribution in [0, 0.1) is 0 Å². The summed E-state index contributed by atoms with van der Waals surface area (Å²) in [7, 11) is 3.11. The molecule has 0 aliphatic carbocycles. The Balaban J connectivity index is 2.08. The number of anilines is 1. The van der Waals surface area contributed by atoms with Crippen molar-refractivity contribution < 1.29 is 19.1 Å². The van der Waals surface area contributed by atoms with Gasteiger partial charge in [0.2, 0.25) is 0 Å². The lowest BCUT2D eigenvalue weighted by molar-refractivity contribution is -0.138. The highest BCUT2D eigenvalue weighted by Crippen LogP contribution is 2.36. The van der Waals surface area contributed by atoms with Gasteiger partial charge in [-0.05, 0) is 37.4 Å². The van der Waals surface area contributed by atoms with Gasteiger partial charge in [-0.15, -0.1) is 11.3 Å². The lowest BCUT2D eigenvalue weighted by Gasteiger charge is -2.19. The second-order valence-corrected chi connectivity index (χ2v) is 6.94. The van der Waals surface area contributed by atoms with Crippen LogP contribution in [0.5, 0.6) is 11.5 Å². The van der Waals surface area contributed by atoms with Crippen LogP contribution >= 0.6 is 11.3 Å². The first-order valence-corrected chi connectivity index (χ1v) is 9.01. The lowest BCUT2D eigenvalue weighted by atomic mass is 10.1. The fourth-order valence-corrected chi connectivity index (χ4v) is 3.59. The molecule has 2 amide bonds. The van der Waals surface area contributed by atoms with Crippen LogP contribution in [-0.4, -0.2) is 37.0 Å². The van der Waals surface area contributed by atoms with Crippen LogP contribution in [-0.2, 0) is 9.59 Å². The number of nitrogens with zero attached hydrogens (tertiary/aromatic N) is 1. The van der Waals surface area contributed by atoms with Crippen molar-refractivity contribution in [2.24, 2.45) is 0 Å². The molecule has 7 heteroatoms. The number of thiophene rings is 1. The molecule has 0 fully saturated rings. The lowest BCUT2D eigenvalue weighted by Crippen LogP contribution is -2.38. The zero-order valence-corrected chi connectivity index (χ0v) is 15.8. The standard InChI is InChI=1S/C19H20N2O4S/c1-11(2)21-18(22)16(15-6-5-9-26-15)17(19(21)23)20-13-8-7-12(24-3)10-14(13)25-4/h5-11,20H,1-4H3. The van der Waals surface area contributed by atoms with Gasteiger partial charge in [0.15, 0.2) is 0 Å². The Kier molecular flexibility index (Phi) is 4.99. The fraction of sp³-hybridized carbons (Fsp3) is 0.263. The zero-order chi connectivity index (χ0) is 18.8. The highest BCUT2D eigenvalue weighted by molar-refractivity contribution is 7.11. The Hall–Kier alpha value is -2.80. The zero-order valence-electron chi connectivity index (χ0n) is 15.0. The van der Waals surface area contributed by atoms with Crippen molar-refractivity contribution in [2.45, 2.75) is 19.9 Å². The molecule has 1 aromatic heterocycles. The van der Waals surface area contributed by atoms with Crippen LogP contribution in [0.25, 0.3) is 5.57 Å². The van der Waals surface area contributed by atoms with Crippen molar-refractivity contribution in [3.63, 3.8) is 0 Å². The van der Waals surface area contributed by atoms with E-state index in [0.717, 1.165) is 4.88 Å². The number of hydrogen-bond donors (Lipinski definition) is 1. The van der Waals surface area contributed by atoms with Crippen molar-refractivity contribution >= 4 is 34.4 Å². The van der Waals surface area contributed by atoms with Gasteiger partial charge in [0.1, 0.15) is 17.2 Å². The van der Waals surface area contributed by atoms with Gasteiger partial charge in [0, 0.05) is 17.0 Å².